The number of rotatable bonds is 7. The van der Waals surface area contributed by atoms with E-state index in [1.54, 1.807) is 20.4 Å². The molecule has 3 rings (SSSR count). The van der Waals surface area contributed by atoms with Crippen LogP contribution < -0.4 is 9.47 Å². The maximum Gasteiger partial charge on any atom is 0.226 e. The largest absolute Gasteiger partial charge is 0.493 e. The summed E-state index contributed by atoms with van der Waals surface area (Å²) in [4.78, 5) is 9.83. The highest BCUT2D eigenvalue weighted by Crippen LogP contribution is 2.27. The Kier molecular flexibility index (Phi) is 5.53. The second-order valence-electron chi connectivity index (χ2n) is 5.51. The molecule has 0 aliphatic carbocycles. The number of benzene rings is 2. The monoisotopic (exact) mass is 352 g/mol. The Morgan fingerprint density at radius 2 is 1.81 bits per heavy atom. The third kappa shape index (κ3) is 4.03. The van der Waals surface area contributed by atoms with E-state index in [9.17, 15) is 0 Å². The fourth-order valence-electron chi connectivity index (χ4n) is 2.40. The second kappa shape index (κ2) is 8.20. The summed E-state index contributed by atoms with van der Waals surface area (Å²) in [7, 11) is 3.19. The van der Waals surface area contributed by atoms with Crippen molar-refractivity contribution in [1.29, 1.82) is 0 Å². The standard InChI is InChI=1S/C20H20N2O4/c1-14-17(22-20(26-14)16-7-5-4-6-8-16)13-25-21-12-15-9-10-18(23-2)19(11-15)24-3/h4-12H,13H2,1-3H3/b21-12+. The molecule has 0 amide bonds. The highest BCUT2D eigenvalue weighted by Gasteiger charge is 2.11. The van der Waals surface area contributed by atoms with Crippen molar-refractivity contribution in [3.8, 4) is 23.0 Å². The Morgan fingerprint density at radius 3 is 2.54 bits per heavy atom. The molecule has 0 bridgehead atoms. The van der Waals surface area contributed by atoms with E-state index in [0.717, 1.165) is 11.1 Å². The van der Waals surface area contributed by atoms with Gasteiger partial charge in [-0.05, 0) is 37.3 Å². The maximum absolute atomic E-state index is 5.70. The number of hydrogen-bond donors (Lipinski definition) is 0. The van der Waals surface area contributed by atoms with Crippen LogP contribution in [-0.2, 0) is 11.4 Å². The molecule has 3 aromatic rings. The number of aryl methyl sites for hydroxylation is 1. The van der Waals surface area contributed by atoms with Gasteiger partial charge in [0, 0.05) is 11.1 Å². The summed E-state index contributed by atoms with van der Waals surface area (Å²) < 4.78 is 16.2. The van der Waals surface area contributed by atoms with Gasteiger partial charge < -0.3 is 18.7 Å². The number of oxazole rings is 1. The predicted octanol–water partition coefficient (Wildman–Crippen LogP) is 4.22. The lowest BCUT2D eigenvalue weighted by atomic mass is 10.2. The molecule has 0 fully saturated rings. The Hall–Kier alpha value is -3.28. The topological polar surface area (TPSA) is 66.1 Å². The lowest BCUT2D eigenvalue weighted by Gasteiger charge is -2.07. The number of hydrogen-bond acceptors (Lipinski definition) is 6. The van der Waals surface area contributed by atoms with Gasteiger partial charge in [0.15, 0.2) is 18.1 Å². The van der Waals surface area contributed by atoms with Gasteiger partial charge in [0.2, 0.25) is 5.89 Å². The zero-order valence-corrected chi connectivity index (χ0v) is 14.9. The Labute approximate surface area is 152 Å². The average molecular weight is 352 g/mol. The van der Waals surface area contributed by atoms with Gasteiger partial charge in [-0.1, -0.05) is 23.4 Å². The van der Waals surface area contributed by atoms with Gasteiger partial charge in [-0.15, -0.1) is 0 Å². The molecule has 0 unspecified atom stereocenters. The first-order valence-corrected chi connectivity index (χ1v) is 8.10. The summed E-state index contributed by atoms with van der Waals surface area (Å²) in [6.07, 6.45) is 1.61. The van der Waals surface area contributed by atoms with E-state index < -0.39 is 0 Å². The first-order valence-electron chi connectivity index (χ1n) is 8.10. The second-order valence-corrected chi connectivity index (χ2v) is 5.51. The van der Waals surface area contributed by atoms with Crippen LogP contribution in [0.1, 0.15) is 17.0 Å². The molecular formula is C20H20N2O4. The summed E-state index contributed by atoms with van der Waals surface area (Å²) in [5, 5.41) is 3.99. The lowest BCUT2D eigenvalue weighted by Crippen LogP contribution is -1.93. The van der Waals surface area contributed by atoms with Crippen LogP contribution in [0.5, 0.6) is 11.5 Å². The van der Waals surface area contributed by atoms with Crippen molar-refractivity contribution in [2.75, 3.05) is 14.2 Å². The summed E-state index contributed by atoms with van der Waals surface area (Å²) in [5.74, 6) is 2.59. The van der Waals surface area contributed by atoms with Crippen molar-refractivity contribution >= 4 is 6.21 Å². The molecule has 0 saturated carbocycles. The minimum Gasteiger partial charge on any atom is -0.493 e. The van der Waals surface area contributed by atoms with Gasteiger partial charge in [0.05, 0.1) is 20.4 Å². The zero-order valence-electron chi connectivity index (χ0n) is 14.9. The van der Waals surface area contributed by atoms with Crippen LogP contribution >= 0.6 is 0 Å². The van der Waals surface area contributed by atoms with Crippen LogP contribution in [0.4, 0.5) is 0 Å². The summed E-state index contributed by atoms with van der Waals surface area (Å²) in [6, 6.07) is 15.2. The van der Waals surface area contributed by atoms with Gasteiger partial charge in [-0.2, -0.15) is 0 Å². The highest BCUT2D eigenvalue weighted by molar-refractivity contribution is 5.80. The quantitative estimate of drug-likeness (QED) is 0.470. The molecule has 0 aliphatic rings. The lowest BCUT2D eigenvalue weighted by molar-refractivity contribution is 0.128. The normalized spacial score (nSPS) is 10.9. The summed E-state index contributed by atoms with van der Waals surface area (Å²) in [5.41, 5.74) is 2.48. The van der Waals surface area contributed by atoms with Crippen LogP contribution in [0.3, 0.4) is 0 Å². The van der Waals surface area contributed by atoms with E-state index in [1.807, 2.05) is 55.5 Å². The molecule has 1 heterocycles. The molecule has 134 valence electrons. The van der Waals surface area contributed by atoms with E-state index in [1.165, 1.54) is 0 Å². The average Bonchev–Trinajstić information content (AvgIpc) is 3.06. The molecule has 6 nitrogen and oxygen atoms in total. The molecule has 0 N–H and O–H groups in total. The molecule has 6 heteroatoms. The Balaban J connectivity index is 1.63. The molecule has 1 aromatic heterocycles. The fourth-order valence-corrected chi connectivity index (χ4v) is 2.40. The highest BCUT2D eigenvalue weighted by atomic mass is 16.6. The van der Waals surface area contributed by atoms with Crippen molar-refractivity contribution in [3.63, 3.8) is 0 Å². The minimum atomic E-state index is 0.228. The van der Waals surface area contributed by atoms with Crippen LogP contribution in [0, 0.1) is 6.92 Å². The number of ether oxygens (including phenoxy) is 2. The van der Waals surface area contributed by atoms with Crippen molar-refractivity contribution in [3.05, 3.63) is 65.5 Å². The first-order chi connectivity index (χ1) is 12.7. The fraction of sp³-hybridized carbons (Fsp3) is 0.200. The maximum atomic E-state index is 5.70. The molecule has 0 atom stereocenters. The van der Waals surface area contributed by atoms with E-state index >= 15 is 0 Å². The van der Waals surface area contributed by atoms with Gasteiger partial charge >= 0.3 is 0 Å². The van der Waals surface area contributed by atoms with Crippen LogP contribution in [0.15, 0.2) is 58.1 Å². The molecule has 26 heavy (non-hydrogen) atoms. The molecule has 2 aromatic carbocycles. The SMILES string of the molecule is COc1ccc(/C=N/OCc2nc(-c3ccccc3)oc2C)cc1OC. The van der Waals surface area contributed by atoms with Crippen LogP contribution in [0.25, 0.3) is 11.5 Å². The number of oxime groups is 1. The molecule has 0 saturated heterocycles. The number of nitrogens with zero attached hydrogens (tertiary/aromatic N) is 2. The smallest absolute Gasteiger partial charge is 0.226 e. The third-order valence-corrected chi connectivity index (χ3v) is 3.80. The van der Waals surface area contributed by atoms with Gasteiger partial charge in [-0.25, -0.2) is 4.98 Å². The predicted molar refractivity (Wildman–Crippen MR) is 98.6 cm³/mol. The number of aromatic nitrogens is 1. The van der Waals surface area contributed by atoms with Crippen molar-refractivity contribution in [2.24, 2.45) is 5.16 Å². The van der Waals surface area contributed by atoms with E-state index in [0.29, 0.717) is 28.8 Å². The molecule has 0 radical (unpaired) electrons. The van der Waals surface area contributed by atoms with Gasteiger partial charge in [0.1, 0.15) is 11.5 Å². The molecule has 0 spiro atoms. The van der Waals surface area contributed by atoms with Crippen LogP contribution in [-0.4, -0.2) is 25.4 Å². The Bertz CT molecular complexity index is 888. The van der Waals surface area contributed by atoms with Crippen LogP contribution in [0.2, 0.25) is 0 Å². The zero-order chi connectivity index (χ0) is 18.4. The number of methoxy groups -OCH3 is 2. The van der Waals surface area contributed by atoms with Crippen molar-refractivity contribution < 1.29 is 18.7 Å². The van der Waals surface area contributed by atoms with Gasteiger partial charge in [-0.3, -0.25) is 0 Å². The molecule has 0 aliphatic heterocycles. The van der Waals surface area contributed by atoms with E-state index in [2.05, 4.69) is 10.1 Å². The summed E-state index contributed by atoms with van der Waals surface area (Å²) >= 11 is 0. The van der Waals surface area contributed by atoms with E-state index in [4.69, 9.17) is 18.7 Å². The van der Waals surface area contributed by atoms with Crippen molar-refractivity contribution in [1.82, 2.24) is 4.98 Å². The van der Waals surface area contributed by atoms with Crippen molar-refractivity contribution in [2.45, 2.75) is 13.5 Å². The van der Waals surface area contributed by atoms with E-state index in [-0.39, 0.29) is 6.61 Å². The first kappa shape index (κ1) is 17.5. The third-order valence-electron chi connectivity index (χ3n) is 3.80. The Morgan fingerprint density at radius 1 is 1.04 bits per heavy atom. The van der Waals surface area contributed by atoms with Gasteiger partial charge in [0.25, 0.3) is 0 Å². The minimum absolute atomic E-state index is 0.228. The molecular weight excluding hydrogens is 332 g/mol. The summed E-state index contributed by atoms with van der Waals surface area (Å²) in [6.45, 7) is 2.09.